The third-order valence-corrected chi connectivity index (χ3v) is 4.05. The smallest absolute Gasteiger partial charge is 0.0702 e. The zero-order chi connectivity index (χ0) is 13.2. The van der Waals surface area contributed by atoms with E-state index in [4.69, 9.17) is 16.3 Å². The number of rotatable bonds is 4. The Morgan fingerprint density at radius 1 is 1.42 bits per heavy atom. The molecular formula is C15H18ClNO2. The summed E-state index contributed by atoms with van der Waals surface area (Å²) in [6, 6.07) is 5.81. The van der Waals surface area contributed by atoms with E-state index in [-0.39, 0.29) is 6.61 Å². The van der Waals surface area contributed by atoms with E-state index in [1.165, 1.54) is 6.42 Å². The van der Waals surface area contributed by atoms with Crippen LogP contribution in [0.2, 0.25) is 5.02 Å². The summed E-state index contributed by atoms with van der Waals surface area (Å²) in [4.78, 5) is 0. The maximum atomic E-state index is 9.43. The molecule has 1 aliphatic rings. The van der Waals surface area contributed by atoms with Crippen molar-refractivity contribution in [1.29, 1.82) is 0 Å². The molecule has 2 heterocycles. The van der Waals surface area contributed by atoms with Gasteiger partial charge < -0.3 is 14.4 Å². The van der Waals surface area contributed by atoms with E-state index >= 15 is 0 Å². The highest BCUT2D eigenvalue weighted by Crippen LogP contribution is 2.26. The van der Waals surface area contributed by atoms with Crippen molar-refractivity contribution >= 4 is 22.5 Å². The number of aromatic nitrogens is 1. The predicted molar refractivity (Wildman–Crippen MR) is 76.5 cm³/mol. The van der Waals surface area contributed by atoms with Crippen LogP contribution in [0.4, 0.5) is 0 Å². The van der Waals surface area contributed by atoms with Crippen LogP contribution >= 0.6 is 11.6 Å². The van der Waals surface area contributed by atoms with E-state index < -0.39 is 0 Å². The van der Waals surface area contributed by atoms with Gasteiger partial charge in [-0.2, -0.15) is 0 Å². The van der Waals surface area contributed by atoms with Crippen LogP contribution in [0.15, 0.2) is 24.4 Å². The van der Waals surface area contributed by atoms with Crippen molar-refractivity contribution in [2.45, 2.75) is 38.5 Å². The molecular weight excluding hydrogens is 262 g/mol. The van der Waals surface area contributed by atoms with Gasteiger partial charge in [-0.1, -0.05) is 17.7 Å². The van der Waals surface area contributed by atoms with E-state index in [2.05, 4.69) is 4.57 Å². The summed E-state index contributed by atoms with van der Waals surface area (Å²) in [5.41, 5.74) is 2.05. The number of hydrogen-bond donors (Lipinski definition) is 1. The molecule has 1 atom stereocenters. The summed E-state index contributed by atoms with van der Waals surface area (Å²) in [7, 11) is 0. The van der Waals surface area contributed by atoms with E-state index in [9.17, 15) is 5.11 Å². The van der Waals surface area contributed by atoms with Crippen molar-refractivity contribution < 1.29 is 9.84 Å². The first-order chi connectivity index (χ1) is 9.28. The SMILES string of the molecule is OCc1cn(CCC2CCCO2)c2cc(Cl)ccc12. The average Bonchev–Trinajstić information content (AvgIpc) is 3.03. The number of halogens is 1. The summed E-state index contributed by atoms with van der Waals surface area (Å²) in [6.45, 7) is 1.86. The fraction of sp³-hybridized carbons (Fsp3) is 0.467. The van der Waals surface area contributed by atoms with Crippen molar-refractivity contribution in [1.82, 2.24) is 4.57 Å². The summed E-state index contributed by atoms with van der Waals surface area (Å²) in [5, 5.41) is 11.2. The van der Waals surface area contributed by atoms with Crippen LogP contribution in [0, 0.1) is 0 Å². The molecule has 0 aliphatic carbocycles. The van der Waals surface area contributed by atoms with Gasteiger partial charge in [-0.25, -0.2) is 0 Å². The molecule has 1 unspecified atom stereocenters. The molecule has 1 saturated heterocycles. The Bertz CT molecular complexity index is 573. The van der Waals surface area contributed by atoms with Crippen molar-refractivity contribution in [3.8, 4) is 0 Å². The minimum atomic E-state index is 0.0606. The second-order valence-electron chi connectivity index (χ2n) is 5.09. The normalized spacial score (nSPS) is 19.4. The van der Waals surface area contributed by atoms with Gasteiger partial charge in [0, 0.05) is 40.8 Å². The number of aliphatic hydroxyl groups is 1. The van der Waals surface area contributed by atoms with Gasteiger partial charge in [-0.05, 0) is 31.4 Å². The fourth-order valence-corrected chi connectivity index (χ4v) is 2.97. The lowest BCUT2D eigenvalue weighted by Gasteiger charge is -2.10. The lowest BCUT2D eigenvalue weighted by molar-refractivity contribution is 0.101. The number of hydrogen-bond acceptors (Lipinski definition) is 2. The molecule has 0 bridgehead atoms. The summed E-state index contributed by atoms with van der Waals surface area (Å²) >= 11 is 6.07. The van der Waals surface area contributed by atoms with Gasteiger partial charge in [0.25, 0.3) is 0 Å². The number of aliphatic hydroxyl groups excluding tert-OH is 1. The Kier molecular flexibility index (Phi) is 3.78. The van der Waals surface area contributed by atoms with Crippen LogP contribution in [0.25, 0.3) is 10.9 Å². The number of ether oxygens (including phenoxy) is 1. The summed E-state index contributed by atoms with van der Waals surface area (Å²) in [5.74, 6) is 0. The molecule has 3 nitrogen and oxygen atoms in total. The molecule has 19 heavy (non-hydrogen) atoms. The molecule has 0 saturated carbocycles. The summed E-state index contributed by atoms with van der Waals surface area (Å²) in [6.07, 6.45) is 5.75. The molecule has 1 aromatic heterocycles. The van der Waals surface area contributed by atoms with Crippen LogP contribution in [0.1, 0.15) is 24.8 Å². The highest BCUT2D eigenvalue weighted by molar-refractivity contribution is 6.31. The second kappa shape index (κ2) is 5.53. The standard InChI is InChI=1S/C15H18ClNO2/c16-12-3-4-14-11(10-18)9-17(15(14)8-12)6-5-13-2-1-7-19-13/h3-4,8-9,13,18H,1-2,5-7,10H2. The first kappa shape index (κ1) is 13.0. The van der Waals surface area contributed by atoms with Crippen molar-refractivity contribution in [3.05, 3.63) is 35.0 Å². The molecule has 1 N–H and O–H groups in total. The molecule has 3 rings (SSSR count). The van der Waals surface area contributed by atoms with Gasteiger partial charge in [0.15, 0.2) is 0 Å². The largest absolute Gasteiger partial charge is 0.392 e. The molecule has 1 aromatic carbocycles. The van der Waals surface area contributed by atoms with Crippen LogP contribution < -0.4 is 0 Å². The monoisotopic (exact) mass is 279 g/mol. The van der Waals surface area contributed by atoms with Gasteiger partial charge in [0.05, 0.1) is 12.7 Å². The quantitative estimate of drug-likeness (QED) is 0.931. The number of fused-ring (bicyclic) bond motifs is 1. The molecule has 0 amide bonds. The van der Waals surface area contributed by atoms with Gasteiger partial charge in [0.2, 0.25) is 0 Å². The Labute approximate surface area is 117 Å². The second-order valence-corrected chi connectivity index (χ2v) is 5.53. The summed E-state index contributed by atoms with van der Waals surface area (Å²) < 4.78 is 7.83. The third-order valence-electron chi connectivity index (χ3n) is 3.81. The van der Waals surface area contributed by atoms with Crippen LogP contribution in [-0.4, -0.2) is 22.4 Å². The number of benzene rings is 1. The van der Waals surface area contributed by atoms with E-state index in [0.29, 0.717) is 6.10 Å². The molecule has 1 fully saturated rings. The van der Waals surface area contributed by atoms with Crippen LogP contribution in [0.5, 0.6) is 0 Å². The van der Waals surface area contributed by atoms with E-state index in [0.717, 1.165) is 47.5 Å². The molecule has 0 radical (unpaired) electrons. The lowest BCUT2D eigenvalue weighted by Crippen LogP contribution is -2.09. The average molecular weight is 280 g/mol. The zero-order valence-electron chi connectivity index (χ0n) is 10.8. The highest BCUT2D eigenvalue weighted by Gasteiger charge is 2.16. The predicted octanol–water partition coefficient (Wildman–Crippen LogP) is 3.36. The van der Waals surface area contributed by atoms with Gasteiger partial charge in [-0.3, -0.25) is 0 Å². The highest BCUT2D eigenvalue weighted by atomic mass is 35.5. The van der Waals surface area contributed by atoms with Gasteiger partial charge >= 0.3 is 0 Å². The Balaban J connectivity index is 1.86. The molecule has 2 aromatic rings. The first-order valence-corrected chi connectivity index (χ1v) is 7.15. The molecule has 102 valence electrons. The zero-order valence-corrected chi connectivity index (χ0v) is 11.6. The Hall–Kier alpha value is -1.03. The van der Waals surface area contributed by atoms with Crippen molar-refractivity contribution in [2.75, 3.05) is 6.61 Å². The Morgan fingerprint density at radius 3 is 3.05 bits per heavy atom. The van der Waals surface area contributed by atoms with Gasteiger partial charge in [0.1, 0.15) is 0 Å². The molecule has 4 heteroatoms. The van der Waals surface area contributed by atoms with Crippen LogP contribution in [-0.2, 0) is 17.9 Å². The lowest BCUT2D eigenvalue weighted by atomic mass is 10.2. The van der Waals surface area contributed by atoms with Gasteiger partial charge in [-0.15, -0.1) is 0 Å². The maximum Gasteiger partial charge on any atom is 0.0702 e. The number of aryl methyl sites for hydroxylation is 1. The molecule has 1 aliphatic heterocycles. The molecule has 0 spiro atoms. The topological polar surface area (TPSA) is 34.4 Å². The van der Waals surface area contributed by atoms with Crippen LogP contribution in [0.3, 0.4) is 0 Å². The van der Waals surface area contributed by atoms with E-state index in [1.807, 2.05) is 24.4 Å². The Morgan fingerprint density at radius 2 is 2.32 bits per heavy atom. The van der Waals surface area contributed by atoms with Crippen molar-refractivity contribution in [3.63, 3.8) is 0 Å². The first-order valence-electron chi connectivity index (χ1n) is 6.77. The minimum absolute atomic E-state index is 0.0606. The fourth-order valence-electron chi connectivity index (χ4n) is 2.81. The maximum absolute atomic E-state index is 9.43. The minimum Gasteiger partial charge on any atom is -0.392 e. The van der Waals surface area contributed by atoms with E-state index in [1.54, 1.807) is 0 Å². The number of nitrogens with zero attached hydrogens (tertiary/aromatic N) is 1. The van der Waals surface area contributed by atoms with Crippen molar-refractivity contribution in [2.24, 2.45) is 0 Å². The third kappa shape index (κ3) is 2.64.